The Morgan fingerprint density at radius 3 is 2.33 bits per heavy atom. The van der Waals surface area contributed by atoms with Crippen molar-refractivity contribution < 1.29 is 0 Å². The molecular formula is C18H28. The van der Waals surface area contributed by atoms with E-state index in [1.165, 1.54) is 37.7 Å². The van der Waals surface area contributed by atoms with E-state index in [2.05, 4.69) is 58.0 Å². The van der Waals surface area contributed by atoms with E-state index in [-0.39, 0.29) is 0 Å². The Balaban J connectivity index is 2.10. The van der Waals surface area contributed by atoms with Crippen LogP contribution in [0.5, 0.6) is 0 Å². The molecule has 0 amide bonds. The summed E-state index contributed by atoms with van der Waals surface area (Å²) in [5, 5.41) is 0. The normalized spacial score (nSPS) is 31.9. The van der Waals surface area contributed by atoms with Crippen molar-refractivity contribution in [2.24, 2.45) is 16.7 Å². The van der Waals surface area contributed by atoms with Gasteiger partial charge in [-0.1, -0.05) is 58.0 Å². The summed E-state index contributed by atoms with van der Waals surface area (Å²) < 4.78 is 0. The van der Waals surface area contributed by atoms with Gasteiger partial charge in [0.2, 0.25) is 0 Å². The van der Waals surface area contributed by atoms with E-state index in [0.29, 0.717) is 10.8 Å². The maximum absolute atomic E-state index is 2.50. The summed E-state index contributed by atoms with van der Waals surface area (Å²) in [6.07, 6.45) is 6.76. The lowest BCUT2D eigenvalue weighted by atomic mass is 9.75. The van der Waals surface area contributed by atoms with Gasteiger partial charge >= 0.3 is 0 Å². The first-order valence-electron chi connectivity index (χ1n) is 7.43. The van der Waals surface area contributed by atoms with Crippen LogP contribution in [0.25, 0.3) is 0 Å². The molecular weight excluding hydrogens is 216 g/mol. The molecule has 2 atom stereocenters. The van der Waals surface area contributed by atoms with Gasteiger partial charge in [0.1, 0.15) is 0 Å². The van der Waals surface area contributed by atoms with Crippen LogP contribution in [-0.4, -0.2) is 0 Å². The number of benzene rings is 1. The van der Waals surface area contributed by atoms with Gasteiger partial charge in [-0.3, -0.25) is 0 Å². The van der Waals surface area contributed by atoms with E-state index in [9.17, 15) is 0 Å². The summed E-state index contributed by atoms with van der Waals surface area (Å²) in [6.45, 7) is 9.82. The number of rotatable bonds is 2. The van der Waals surface area contributed by atoms with Crippen molar-refractivity contribution in [3.63, 3.8) is 0 Å². The van der Waals surface area contributed by atoms with Crippen molar-refractivity contribution in [2.75, 3.05) is 0 Å². The minimum absolute atomic E-state index is 0.495. The molecule has 2 rings (SSSR count). The largest absolute Gasteiger partial charge is 0.0625 e. The van der Waals surface area contributed by atoms with Crippen molar-refractivity contribution >= 4 is 0 Å². The number of hydrogen-bond donors (Lipinski definition) is 0. The summed E-state index contributed by atoms with van der Waals surface area (Å²) in [4.78, 5) is 0. The quantitative estimate of drug-likeness (QED) is 0.605. The average Bonchev–Trinajstić information content (AvgIpc) is 2.36. The van der Waals surface area contributed by atoms with Crippen LogP contribution in [0, 0.1) is 16.7 Å². The van der Waals surface area contributed by atoms with Crippen molar-refractivity contribution in [3.8, 4) is 0 Å². The van der Waals surface area contributed by atoms with E-state index in [0.717, 1.165) is 5.92 Å². The molecule has 2 unspecified atom stereocenters. The lowest BCUT2D eigenvalue weighted by Gasteiger charge is -2.30. The van der Waals surface area contributed by atoms with Gasteiger partial charge in [-0.15, -0.1) is 0 Å². The van der Waals surface area contributed by atoms with Crippen LogP contribution in [0.4, 0.5) is 0 Å². The molecule has 0 bridgehead atoms. The molecule has 0 N–H and O–H groups in total. The van der Waals surface area contributed by atoms with Gasteiger partial charge < -0.3 is 0 Å². The standard InChI is InChI=1S/C18H28/c1-15-12-17(2,3)10-11-18(4,13-15)14-16-8-6-5-7-9-16/h5-9,15H,10-14H2,1-4H3. The molecule has 0 aromatic heterocycles. The fraction of sp³-hybridized carbons (Fsp3) is 0.667. The van der Waals surface area contributed by atoms with Gasteiger partial charge in [0, 0.05) is 0 Å². The molecule has 1 aromatic carbocycles. The molecule has 100 valence electrons. The molecule has 1 aromatic rings. The van der Waals surface area contributed by atoms with E-state index in [4.69, 9.17) is 0 Å². The second-order valence-electron chi connectivity index (χ2n) is 7.65. The zero-order valence-electron chi connectivity index (χ0n) is 12.5. The minimum Gasteiger partial charge on any atom is -0.0625 e. The van der Waals surface area contributed by atoms with Crippen LogP contribution in [0.2, 0.25) is 0 Å². The maximum atomic E-state index is 2.50. The summed E-state index contributed by atoms with van der Waals surface area (Å²) in [5.41, 5.74) is 2.54. The molecule has 1 saturated carbocycles. The van der Waals surface area contributed by atoms with E-state index < -0.39 is 0 Å². The van der Waals surface area contributed by atoms with Crippen molar-refractivity contribution in [1.82, 2.24) is 0 Å². The third kappa shape index (κ3) is 3.60. The lowest BCUT2D eigenvalue weighted by Crippen LogP contribution is -2.21. The molecule has 0 nitrogen and oxygen atoms in total. The van der Waals surface area contributed by atoms with Crippen LogP contribution in [0.3, 0.4) is 0 Å². The summed E-state index contributed by atoms with van der Waals surface area (Å²) in [6, 6.07) is 11.0. The van der Waals surface area contributed by atoms with Crippen LogP contribution in [-0.2, 0) is 6.42 Å². The van der Waals surface area contributed by atoms with Gasteiger partial charge in [-0.05, 0) is 54.4 Å². The Morgan fingerprint density at radius 1 is 1.00 bits per heavy atom. The first-order chi connectivity index (χ1) is 8.39. The Kier molecular flexibility index (Phi) is 3.84. The van der Waals surface area contributed by atoms with Crippen LogP contribution in [0.15, 0.2) is 30.3 Å². The average molecular weight is 244 g/mol. The molecule has 18 heavy (non-hydrogen) atoms. The van der Waals surface area contributed by atoms with Gasteiger partial charge in [0.05, 0.1) is 0 Å². The molecule has 0 radical (unpaired) electrons. The Hall–Kier alpha value is -0.780. The highest BCUT2D eigenvalue weighted by atomic mass is 14.4. The first kappa shape index (κ1) is 13.6. The summed E-state index contributed by atoms with van der Waals surface area (Å²) >= 11 is 0. The minimum atomic E-state index is 0.495. The second-order valence-corrected chi connectivity index (χ2v) is 7.65. The Bertz CT molecular complexity index is 376. The molecule has 1 aliphatic carbocycles. The fourth-order valence-corrected chi connectivity index (χ4v) is 3.95. The van der Waals surface area contributed by atoms with Crippen molar-refractivity contribution in [2.45, 2.75) is 59.8 Å². The highest BCUT2D eigenvalue weighted by molar-refractivity contribution is 5.16. The summed E-state index contributed by atoms with van der Waals surface area (Å²) in [7, 11) is 0. The number of hydrogen-bond acceptors (Lipinski definition) is 0. The Labute approximate surface area is 113 Å². The lowest BCUT2D eigenvalue weighted by molar-refractivity contribution is 0.242. The smallest absolute Gasteiger partial charge is 0.0225 e. The molecule has 0 spiro atoms. The molecule has 0 saturated heterocycles. The van der Waals surface area contributed by atoms with Crippen molar-refractivity contribution in [1.29, 1.82) is 0 Å². The predicted octanol–water partition coefficient (Wildman–Crippen LogP) is 5.47. The second kappa shape index (κ2) is 5.07. The van der Waals surface area contributed by atoms with Crippen molar-refractivity contribution in [3.05, 3.63) is 35.9 Å². The molecule has 1 fully saturated rings. The highest BCUT2D eigenvalue weighted by Gasteiger charge is 2.35. The van der Waals surface area contributed by atoms with Crippen LogP contribution in [0.1, 0.15) is 58.9 Å². The van der Waals surface area contributed by atoms with Crippen LogP contribution >= 0.6 is 0 Å². The topological polar surface area (TPSA) is 0 Å². The highest BCUT2D eigenvalue weighted by Crippen LogP contribution is 2.46. The predicted molar refractivity (Wildman–Crippen MR) is 79.7 cm³/mol. The zero-order valence-corrected chi connectivity index (χ0v) is 12.5. The molecule has 0 heteroatoms. The molecule has 1 aliphatic rings. The van der Waals surface area contributed by atoms with Gasteiger partial charge in [0.25, 0.3) is 0 Å². The van der Waals surface area contributed by atoms with Gasteiger partial charge in [-0.25, -0.2) is 0 Å². The van der Waals surface area contributed by atoms with Crippen LogP contribution < -0.4 is 0 Å². The SMILES string of the molecule is CC1CC(C)(C)CCC(C)(Cc2ccccc2)C1. The summed E-state index contributed by atoms with van der Waals surface area (Å²) in [5.74, 6) is 0.858. The van der Waals surface area contributed by atoms with E-state index in [1.54, 1.807) is 0 Å². The monoisotopic (exact) mass is 244 g/mol. The first-order valence-corrected chi connectivity index (χ1v) is 7.43. The third-order valence-electron chi connectivity index (χ3n) is 4.62. The maximum Gasteiger partial charge on any atom is -0.0225 e. The van der Waals surface area contributed by atoms with Gasteiger partial charge in [-0.2, -0.15) is 0 Å². The fourth-order valence-electron chi connectivity index (χ4n) is 3.95. The van der Waals surface area contributed by atoms with E-state index >= 15 is 0 Å². The van der Waals surface area contributed by atoms with E-state index in [1.807, 2.05) is 0 Å². The zero-order chi connectivity index (χ0) is 13.2. The van der Waals surface area contributed by atoms with Gasteiger partial charge in [0.15, 0.2) is 0 Å². The molecule has 0 heterocycles. The Morgan fingerprint density at radius 2 is 1.67 bits per heavy atom. The molecule has 0 aliphatic heterocycles. The third-order valence-corrected chi connectivity index (χ3v) is 4.62.